The molecular weight excluding hydrogens is 184 g/mol. The van der Waals surface area contributed by atoms with Gasteiger partial charge in [-0.2, -0.15) is 0 Å². The summed E-state index contributed by atoms with van der Waals surface area (Å²) in [6.45, 7) is 0. The van der Waals surface area contributed by atoms with Crippen LogP contribution in [0.25, 0.3) is 0 Å². The van der Waals surface area contributed by atoms with Gasteiger partial charge in [-0.25, -0.2) is 8.78 Å². The van der Waals surface area contributed by atoms with Crippen molar-refractivity contribution in [2.45, 2.75) is 12.5 Å². The highest BCUT2D eigenvalue weighted by molar-refractivity contribution is 6.31. The molecule has 0 saturated carbocycles. The molecule has 66 valence electrons. The third kappa shape index (κ3) is 1.93. The van der Waals surface area contributed by atoms with E-state index in [0.29, 0.717) is 0 Å². The molecule has 1 atom stereocenters. The maximum atomic E-state index is 12.1. The van der Waals surface area contributed by atoms with Crippen LogP contribution in [0, 0.1) is 0 Å². The Morgan fingerprint density at radius 1 is 1.25 bits per heavy atom. The van der Waals surface area contributed by atoms with Gasteiger partial charge in [0.1, 0.15) is 0 Å². The smallest absolute Gasteiger partial charge is 0.257 e. The highest BCUT2D eigenvalue weighted by atomic mass is 35.5. The Balaban J connectivity index is 2.94. The third-order valence-electron chi connectivity index (χ3n) is 1.54. The van der Waals surface area contributed by atoms with Crippen molar-refractivity contribution in [3.8, 4) is 0 Å². The van der Waals surface area contributed by atoms with E-state index in [9.17, 15) is 8.78 Å². The molecule has 0 saturated heterocycles. The first-order valence-corrected chi connectivity index (χ1v) is 3.79. The quantitative estimate of drug-likeness (QED) is 0.764. The van der Waals surface area contributed by atoms with Crippen molar-refractivity contribution in [1.82, 2.24) is 0 Å². The lowest BCUT2D eigenvalue weighted by Crippen LogP contribution is -2.19. The number of rotatable bonds is 2. The van der Waals surface area contributed by atoms with Gasteiger partial charge in [-0.1, -0.05) is 29.8 Å². The molecule has 0 spiro atoms. The first-order valence-electron chi connectivity index (χ1n) is 3.41. The summed E-state index contributed by atoms with van der Waals surface area (Å²) < 4.78 is 24.2. The first-order chi connectivity index (χ1) is 5.63. The zero-order chi connectivity index (χ0) is 9.14. The second-order valence-corrected chi connectivity index (χ2v) is 2.79. The largest absolute Gasteiger partial charge is 0.319 e. The minimum atomic E-state index is -2.58. The normalized spacial score (nSPS) is 13.4. The predicted octanol–water partition coefficient (Wildman–Crippen LogP) is 2.60. The Morgan fingerprint density at radius 2 is 1.83 bits per heavy atom. The molecule has 0 unspecified atom stereocenters. The summed E-state index contributed by atoms with van der Waals surface area (Å²) in [5.74, 6) is 0. The van der Waals surface area contributed by atoms with Crippen LogP contribution in [0.15, 0.2) is 24.3 Å². The molecule has 12 heavy (non-hydrogen) atoms. The van der Waals surface area contributed by atoms with Crippen LogP contribution in [-0.2, 0) is 0 Å². The van der Waals surface area contributed by atoms with Crippen molar-refractivity contribution in [2.24, 2.45) is 5.73 Å². The van der Waals surface area contributed by atoms with Crippen molar-refractivity contribution >= 4 is 11.6 Å². The zero-order valence-electron chi connectivity index (χ0n) is 6.18. The molecule has 0 heterocycles. The van der Waals surface area contributed by atoms with E-state index in [2.05, 4.69) is 0 Å². The Hall–Kier alpha value is -0.670. The van der Waals surface area contributed by atoms with Crippen LogP contribution in [0.1, 0.15) is 11.6 Å². The Bertz CT molecular complexity index is 265. The summed E-state index contributed by atoms with van der Waals surface area (Å²) in [5.41, 5.74) is 5.49. The van der Waals surface area contributed by atoms with Gasteiger partial charge in [-0.05, 0) is 11.6 Å². The van der Waals surface area contributed by atoms with Crippen LogP contribution in [0.2, 0.25) is 5.02 Å². The van der Waals surface area contributed by atoms with E-state index in [1.54, 1.807) is 18.2 Å². The molecule has 4 heteroatoms. The predicted molar refractivity (Wildman–Crippen MR) is 44.4 cm³/mol. The van der Waals surface area contributed by atoms with Crippen molar-refractivity contribution in [1.29, 1.82) is 0 Å². The van der Waals surface area contributed by atoms with E-state index in [-0.39, 0.29) is 10.6 Å². The molecule has 2 N–H and O–H groups in total. The fourth-order valence-corrected chi connectivity index (χ4v) is 1.14. The average molecular weight is 192 g/mol. The van der Waals surface area contributed by atoms with Gasteiger partial charge in [0.05, 0.1) is 6.04 Å². The monoisotopic (exact) mass is 191 g/mol. The van der Waals surface area contributed by atoms with E-state index in [0.717, 1.165) is 0 Å². The van der Waals surface area contributed by atoms with E-state index in [4.69, 9.17) is 17.3 Å². The van der Waals surface area contributed by atoms with Gasteiger partial charge >= 0.3 is 0 Å². The molecule has 1 nitrogen and oxygen atoms in total. The van der Waals surface area contributed by atoms with Crippen LogP contribution in [0.5, 0.6) is 0 Å². The number of hydrogen-bond donors (Lipinski definition) is 1. The van der Waals surface area contributed by atoms with Crippen molar-refractivity contribution < 1.29 is 8.78 Å². The second-order valence-electron chi connectivity index (χ2n) is 2.38. The van der Waals surface area contributed by atoms with Gasteiger partial charge in [-0.3, -0.25) is 0 Å². The first kappa shape index (κ1) is 9.42. The van der Waals surface area contributed by atoms with Gasteiger partial charge in [0.2, 0.25) is 0 Å². The summed E-state index contributed by atoms with van der Waals surface area (Å²) in [4.78, 5) is 0. The molecule has 1 aromatic carbocycles. The van der Waals surface area contributed by atoms with Crippen LogP contribution in [0.4, 0.5) is 8.78 Å². The van der Waals surface area contributed by atoms with Crippen LogP contribution in [0.3, 0.4) is 0 Å². The molecular formula is C8H8ClF2N. The van der Waals surface area contributed by atoms with Gasteiger partial charge in [0, 0.05) is 5.02 Å². The fourth-order valence-electron chi connectivity index (χ4n) is 0.881. The van der Waals surface area contributed by atoms with Gasteiger partial charge < -0.3 is 5.73 Å². The molecule has 0 aliphatic rings. The Kier molecular flexibility index (Phi) is 3.00. The molecule has 1 aromatic rings. The lowest BCUT2D eigenvalue weighted by Gasteiger charge is -2.11. The summed E-state index contributed by atoms with van der Waals surface area (Å²) in [7, 11) is 0. The van der Waals surface area contributed by atoms with Crippen LogP contribution in [-0.4, -0.2) is 6.43 Å². The van der Waals surface area contributed by atoms with Crippen molar-refractivity contribution in [3.05, 3.63) is 34.9 Å². The molecule has 0 aromatic heterocycles. The molecule has 0 amide bonds. The van der Waals surface area contributed by atoms with E-state index >= 15 is 0 Å². The third-order valence-corrected chi connectivity index (χ3v) is 1.88. The van der Waals surface area contributed by atoms with Crippen LogP contribution >= 0.6 is 11.6 Å². The standard InChI is InChI=1S/C8H8ClF2N/c9-6-4-2-1-3-5(6)7(12)8(10)11/h1-4,7-8H,12H2/t7-/m1/s1. The molecule has 0 aliphatic heterocycles. The maximum absolute atomic E-state index is 12.1. The summed E-state index contributed by atoms with van der Waals surface area (Å²) in [5, 5.41) is 0.283. The van der Waals surface area contributed by atoms with E-state index < -0.39 is 12.5 Å². The minimum Gasteiger partial charge on any atom is -0.319 e. The molecule has 0 fully saturated rings. The van der Waals surface area contributed by atoms with Gasteiger partial charge in [0.15, 0.2) is 0 Å². The van der Waals surface area contributed by atoms with E-state index in [1.807, 2.05) is 0 Å². The highest BCUT2D eigenvalue weighted by Crippen LogP contribution is 2.24. The Labute approximate surface area is 74.1 Å². The lowest BCUT2D eigenvalue weighted by molar-refractivity contribution is 0.116. The lowest BCUT2D eigenvalue weighted by atomic mass is 10.1. The molecule has 1 rings (SSSR count). The van der Waals surface area contributed by atoms with Crippen molar-refractivity contribution in [2.75, 3.05) is 0 Å². The zero-order valence-corrected chi connectivity index (χ0v) is 6.93. The second kappa shape index (κ2) is 3.83. The summed E-state index contributed by atoms with van der Waals surface area (Å²) >= 11 is 5.65. The minimum absolute atomic E-state index is 0.283. The molecule has 0 aliphatic carbocycles. The van der Waals surface area contributed by atoms with Crippen molar-refractivity contribution in [3.63, 3.8) is 0 Å². The number of benzene rings is 1. The molecule has 0 bridgehead atoms. The number of hydrogen-bond acceptors (Lipinski definition) is 1. The topological polar surface area (TPSA) is 26.0 Å². The fraction of sp³-hybridized carbons (Fsp3) is 0.250. The van der Waals surface area contributed by atoms with E-state index in [1.165, 1.54) is 6.07 Å². The van der Waals surface area contributed by atoms with Gasteiger partial charge in [0.25, 0.3) is 6.43 Å². The number of nitrogens with two attached hydrogens (primary N) is 1. The average Bonchev–Trinajstić information content (AvgIpc) is 2.04. The number of alkyl halides is 2. The summed E-state index contributed by atoms with van der Waals surface area (Å²) in [6, 6.07) is 5.05. The van der Waals surface area contributed by atoms with Gasteiger partial charge in [-0.15, -0.1) is 0 Å². The maximum Gasteiger partial charge on any atom is 0.257 e. The SMILES string of the molecule is N[C@H](c1ccccc1Cl)C(F)F. The summed E-state index contributed by atoms with van der Waals surface area (Å²) in [6.07, 6.45) is -2.58. The highest BCUT2D eigenvalue weighted by Gasteiger charge is 2.19. The van der Waals surface area contributed by atoms with Crippen LogP contribution < -0.4 is 5.73 Å². The number of halogens is 3. The Morgan fingerprint density at radius 3 is 2.33 bits per heavy atom. The molecule has 0 radical (unpaired) electrons.